The molecule has 25 heavy (non-hydrogen) atoms. The Balaban J connectivity index is 1.90. The van der Waals surface area contributed by atoms with Gasteiger partial charge in [-0.2, -0.15) is 14.9 Å². The van der Waals surface area contributed by atoms with Crippen molar-refractivity contribution < 1.29 is 9.47 Å². The number of aromatic amines is 1. The number of nitrogens with zero attached hydrogens (tertiary/aromatic N) is 3. The van der Waals surface area contributed by atoms with Crippen LogP contribution in [0.3, 0.4) is 0 Å². The highest BCUT2D eigenvalue weighted by atomic mass is 32.1. The van der Waals surface area contributed by atoms with Crippen molar-refractivity contribution in [1.29, 1.82) is 0 Å². The van der Waals surface area contributed by atoms with E-state index in [9.17, 15) is 0 Å². The van der Waals surface area contributed by atoms with Crippen molar-refractivity contribution >= 4 is 29.8 Å². The maximum absolute atomic E-state index is 5.73. The van der Waals surface area contributed by atoms with Crippen LogP contribution in [0.2, 0.25) is 0 Å². The van der Waals surface area contributed by atoms with Crippen LogP contribution >= 0.6 is 23.6 Å². The van der Waals surface area contributed by atoms with Gasteiger partial charge in [0.15, 0.2) is 17.3 Å². The fourth-order valence-corrected chi connectivity index (χ4v) is 3.06. The van der Waals surface area contributed by atoms with E-state index in [1.807, 2.05) is 35.7 Å². The molecule has 0 unspecified atom stereocenters. The number of rotatable bonds is 7. The largest absolute Gasteiger partial charge is 0.493 e. The zero-order valence-electron chi connectivity index (χ0n) is 13.9. The van der Waals surface area contributed by atoms with Gasteiger partial charge in [0.05, 0.1) is 24.8 Å². The normalized spacial score (nSPS) is 11.1. The summed E-state index contributed by atoms with van der Waals surface area (Å²) in [6, 6.07) is 9.61. The maximum Gasteiger partial charge on any atom is 0.216 e. The molecule has 0 radical (unpaired) electrons. The van der Waals surface area contributed by atoms with E-state index in [1.165, 1.54) is 0 Å². The topological polar surface area (TPSA) is 64.4 Å². The first-order valence-corrected chi connectivity index (χ1v) is 9.08. The minimum absolute atomic E-state index is 0.440. The Morgan fingerprint density at radius 2 is 2.24 bits per heavy atom. The van der Waals surface area contributed by atoms with Gasteiger partial charge in [-0.25, -0.2) is 5.10 Å². The molecule has 0 aliphatic heterocycles. The Hall–Kier alpha value is -2.45. The summed E-state index contributed by atoms with van der Waals surface area (Å²) in [5.74, 6) is 2.08. The number of methoxy groups -OCH3 is 1. The molecule has 8 heteroatoms. The molecule has 0 bridgehead atoms. The Kier molecular flexibility index (Phi) is 5.62. The van der Waals surface area contributed by atoms with E-state index in [2.05, 4.69) is 22.2 Å². The van der Waals surface area contributed by atoms with Crippen LogP contribution < -0.4 is 9.47 Å². The summed E-state index contributed by atoms with van der Waals surface area (Å²) >= 11 is 6.86. The van der Waals surface area contributed by atoms with Gasteiger partial charge >= 0.3 is 0 Å². The molecule has 1 aromatic carbocycles. The number of thiophene rings is 1. The monoisotopic (exact) mass is 374 g/mol. The van der Waals surface area contributed by atoms with E-state index < -0.39 is 0 Å². The molecule has 130 valence electrons. The molecule has 0 aliphatic rings. The van der Waals surface area contributed by atoms with Crippen LogP contribution in [0.1, 0.15) is 18.9 Å². The Bertz CT molecular complexity index is 913. The number of ether oxygens (including phenoxy) is 2. The van der Waals surface area contributed by atoms with Crippen molar-refractivity contribution in [1.82, 2.24) is 14.9 Å². The lowest BCUT2D eigenvalue weighted by atomic mass is 10.2. The van der Waals surface area contributed by atoms with E-state index in [0.29, 0.717) is 28.7 Å². The first-order valence-electron chi connectivity index (χ1n) is 7.79. The molecule has 2 aromatic heterocycles. The third-order valence-electron chi connectivity index (χ3n) is 3.36. The van der Waals surface area contributed by atoms with Crippen molar-refractivity contribution in [3.8, 4) is 22.2 Å². The van der Waals surface area contributed by atoms with E-state index in [1.54, 1.807) is 29.3 Å². The van der Waals surface area contributed by atoms with Gasteiger partial charge in [0.1, 0.15) is 0 Å². The van der Waals surface area contributed by atoms with Crippen LogP contribution in [-0.2, 0) is 0 Å². The molecule has 0 amide bonds. The quantitative estimate of drug-likeness (QED) is 0.493. The summed E-state index contributed by atoms with van der Waals surface area (Å²) in [6.07, 6.45) is 2.65. The highest BCUT2D eigenvalue weighted by molar-refractivity contribution is 7.71. The summed E-state index contributed by atoms with van der Waals surface area (Å²) in [5, 5.41) is 13.5. The second kappa shape index (κ2) is 8.09. The zero-order chi connectivity index (χ0) is 17.6. The van der Waals surface area contributed by atoms with Crippen LogP contribution in [0.5, 0.6) is 11.5 Å². The van der Waals surface area contributed by atoms with Gasteiger partial charge < -0.3 is 9.47 Å². The molecule has 0 fully saturated rings. The number of benzene rings is 1. The van der Waals surface area contributed by atoms with Gasteiger partial charge in [0, 0.05) is 0 Å². The molecular weight excluding hydrogens is 356 g/mol. The van der Waals surface area contributed by atoms with Crippen molar-refractivity contribution in [2.75, 3.05) is 13.7 Å². The van der Waals surface area contributed by atoms with Gasteiger partial charge in [0.2, 0.25) is 4.77 Å². The van der Waals surface area contributed by atoms with Crippen molar-refractivity contribution in [3.05, 3.63) is 46.0 Å². The van der Waals surface area contributed by atoms with Gasteiger partial charge in [0.25, 0.3) is 0 Å². The molecule has 2 heterocycles. The van der Waals surface area contributed by atoms with E-state index in [0.717, 1.165) is 16.9 Å². The minimum atomic E-state index is 0.440. The fourth-order valence-electron chi connectivity index (χ4n) is 2.19. The summed E-state index contributed by atoms with van der Waals surface area (Å²) in [6.45, 7) is 2.69. The van der Waals surface area contributed by atoms with Gasteiger partial charge in [-0.3, -0.25) is 0 Å². The standard InChI is InChI=1S/C17H18N4O2S2/c1-3-8-23-14-10-12(6-7-13(14)22-2)11-18-21-16(19-20-17(21)24)15-5-4-9-25-15/h4-7,9-11H,3,8H2,1-2H3,(H,20,24)/b18-11-. The third kappa shape index (κ3) is 3.97. The Morgan fingerprint density at radius 3 is 2.96 bits per heavy atom. The van der Waals surface area contributed by atoms with Gasteiger partial charge in [-0.1, -0.05) is 13.0 Å². The number of nitrogens with one attached hydrogen (secondary N) is 1. The SMILES string of the molecule is CCCOc1cc(/C=N\n2c(-c3cccs3)n[nH]c2=S)ccc1OC. The lowest BCUT2D eigenvalue weighted by Crippen LogP contribution is -1.99. The Labute approximate surface area is 154 Å². The van der Waals surface area contributed by atoms with Crippen molar-refractivity contribution in [2.24, 2.45) is 5.10 Å². The highest BCUT2D eigenvalue weighted by Crippen LogP contribution is 2.28. The molecule has 3 rings (SSSR count). The predicted molar refractivity (Wildman–Crippen MR) is 102 cm³/mol. The first-order chi connectivity index (χ1) is 12.2. The second-order valence-electron chi connectivity index (χ2n) is 5.14. The van der Waals surface area contributed by atoms with Crippen LogP contribution in [-0.4, -0.2) is 34.8 Å². The van der Waals surface area contributed by atoms with Crippen LogP contribution in [0, 0.1) is 4.77 Å². The smallest absolute Gasteiger partial charge is 0.216 e. The highest BCUT2D eigenvalue weighted by Gasteiger charge is 2.09. The number of hydrogen-bond acceptors (Lipinski definition) is 6. The van der Waals surface area contributed by atoms with Crippen molar-refractivity contribution in [2.45, 2.75) is 13.3 Å². The van der Waals surface area contributed by atoms with Gasteiger partial charge in [-0.05, 0) is 53.8 Å². The summed E-state index contributed by atoms with van der Waals surface area (Å²) in [4.78, 5) is 0.992. The molecular formula is C17H18N4O2S2. The molecule has 0 aliphatic carbocycles. The van der Waals surface area contributed by atoms with Crippen LogP contribution in [0.4, 0.5) is 0 Å². The summed E-state index contributed by atoms with van der Waals surface area (Å²) in [7, 11) is 1.63. The summed E-state index contributed by atoms with van der Waals surface area (Å²) < 4.78 is 13.1. The van der Waals surface area contributed by atoms with Crippen molar-refractivity contribution in [3.63, 3.8) is 0 Å². The molecule has 6 nitrogen and oxygen atoms in total. The average molecular weight is 374 g/mol. The molecule has 1 N–H and O–H groups in total. The molecule has 0 saturated heterocycles. The predicted octanol–water partition coefficient (Wildman–Crippen LogP) is 4.35. The Morgan fingerprint density at radius 1 is 1.36 bits per heavy atom. The lowest BCUT2D eigenvalue weighted by molar-refractivity contribution is 0.294. The third-order valence-corrected chi connectivity index (χ3v) is 4.49. The minimum Gasteiger partial charge on any atom is -0.493 e. The van der Waals surface area contributed by atoms with E-state index in [4.69, 9.17) is 21.7 Å². The number of hydrogen-bond donors (Lipinski definition) is 1. The first kappa shape index (κ1) is 17.4. The summed E-state index contributed by atoms with van der Waals surface area (Å²) in [5.41, 5.74) is 0.882. The van der Waals surface area contributed by atoms with Crippen LogP contribution in [0.25, 0.3) is 10.7 Å². The van der Waals surface area contributed by atoms with Crippen LogP contribution in [0.15, 0.2) is 40.8 Å². The molecule has 0 spiro atoms. The van der Waals surface area contributed by atoms with E-state index >= 15 is 0 Å². The lowest BCUT2D eigenvalue weighted by Gasteiger charge is -2.10. The molecule has 0 atom stereocenters. The fraction of sp³-hybridized carbons (Fsp3) is 0.235. The number of aromatic nitrogens is 3. The molecule has 0 saturated carbocycles. The zero-order valence-corrected chi connectivity index (χ0v) is 15.6. The number of H-pyrrole nitrogens is 1. The maximum atomic E-state index is 5.73. The van der Waals surface area contributed by atoms with E-state index in [-0.39, 0.29) is 0 Å². The average Bonchev–Trinajstić information content (AvgIpc) is 3.28. The van der Waals surface area contributed by atoms with Gasteiger partial charge in [-0.15, -0.1) is 11.3 Å². The molecule has 3 aromatic rings. The second-order valence-corrected chi connectivity index (χ2v) is 6.48.